The quantitative estimate of drug-likeness (QED) is 0.439. The lowest BCUT2D eigenvalue weighted by atomic mass is 9.60. The van der Waals surface area contributed by atoms with Crippen molar-refractivity contribution in [2.45, 2.75) is 98.8 Å². The van der Waals surface area contributed by atoms with Crippen molar-refractivity contribution in [3.8, 4) is 0 Å². The van der Waals surface area contributed by atoms with Crippen LogP contribution in [0.1, 0.15) is 108 Å². The molecule has 1 aromatic carbocycles. The summed E-state index contributed by atoms with van der Waals surface area (Å²) in [4.78, 5) is 11.4. The molecule has 0 heterocycles. The van der Waals surface area contributed by atoms with Gasteiger partial charge in [0, 0.05) is 13.3 Å². The highest BCUT2D eigenvalue weighted by Crippen LogP contribution is 2.61. The molecule has 0 aromatic heterocycles. The van der Waals surface area contributed by atoms with E-state index in [-0.39, 0.29) is 5.97 Å². The summed E-state index contributed by atoms with van der Waals surface area (Å²) in [7, 11) is 0. The van der Waals surface area contributed by atoms with Gasteiger partial charge in [0.15, 0.2) is 0 Å². The number of carbonyl (C=O) groups excluding carboxylic acids is 1. The number of benzene rings is 1. The largest absolute Gasteiger partial charge is 0.431 e. The minimum atomic E-state index is -0.211. The molecule has 31 heavy (non-hydrogen) atoms. The van der Waals surface area contributed by atoms with Gasteiger partial charge in [0.2, 0.25) is 0 Å². The van der Waals surface area contributed by atoms with E-state index in [1.165, 1.54) is 56.6 Å². The molecule has 2 heteroatoms. The summed E-state index contributed by atoms with van der Waals surface area (Å²) in [5.74, 6) is 4.64. The van der Waals surface area contributed by atoms with E-state index in [1.807, 2.05) is 0 Å². The van der Waals surface area contributed by atoms with E-state index in [4.69, 9.17) is 4.74 Å². The molecule has 0 unspecified atom stereocenters. The van der Waals surface area contributed by atoms with Crippen molar-refractivity contribution in [2.75, 3.05) is 0 Å². The van der Waals surface area contributed by atoms with Crippen LogP contribution in [0.15, 0.2) is 17.9 Å². The summed E-state index contributed by atoms with van der Waals surface area (Å²) in [5.41, 5.74) is 6.52. The number of hydrogen-bond acceptors (Lipinski definition) is 2. The molecule has 2 nitrogen and oxygen atoms in total. The zero-order valence-electron chi connectivity index (χ0n) is 20.6. The zero-order chi connectivity index (χ0) is 22.3. The summed E-state index contributed by atoms with van der Waals surface area (Å²) in [6, 6.07) is 4.71. The van der Waals surface area contributed by atoms with E-state index in [9.17, 15) is 4.79 Å². The standard InChI is InChI=1S/C29H42O2/c1-18(2)19(3)7-8-20(4)27-13-14-28-26-11-9-22-17-23(31-21(5)30)10-12-24(22)25(26)15-16-29(27,28)6/h9,11,17-20,27-28H,7-8,10,12-16H2,1-6H3/t19-,20+,27-,28+,29-/m0/s1. The van der Waals surface area contributed by atoms with Crippen molar-refractivity contribution >= 4 is 12.0 Å². The molecule has 5 atom stereocenters. The van der Waals surface area contributed by atoms with Gasteiger partial charge < -0.3 is 4.74 Å². The Morgan fingerprint density at radius 2 is 1.84 bits per heavy atom. The van der Waals surface area contributed by atoms with Crippen LogP contribution in [0.3, 0.4) is 0 Å². The van der Waals surface area contributed by atoms with E-state index in [2.05, 4.69) is 52.8 Å². The number of ether oxygens (including phenoxy) is 1. The van der Waals surface area contributed by atoms with Gasteiger partial charge in [-0.05, 0) is 95.4 Å². The van der Waals surface area contributed by atoms with Crippen molar-refractivity contribution in [1.29, 1.82) is 0 Å². The fourth-order valence-electron chi connectivity index (χ4n) is 7.06. The third-order valence-corrected chi connectivity index (χ3v) is 9.32. The first-order valence-electron chi connectivity index (χ1n) is 12.7. The molecule has 0 bridgehead atoms. The lowest BCUT2D eigenvalue weighted by Gasteiger charge is -2.45. The maximum atomic E-state index is 11.4. The van der Waals surface area contributed by atoms with Crippen LogP contribution >= 0.6 is 0 Å². The molecule has 0 radical (unpaired) electrons. The molecular formula is C29H42O2. The predicted molar refractivity (Wildman–Crippen MR) is 129 cm³/mol. The average Bonchev–Trinajstić information content (AvgIpc) is 3.08. The Morgan fingerprint density at radius 1 is 1.06 bits per heavy atom. The third kappa shape index (κ3) is 4.24. The first kappa shape index (κ1) is 22.6. The SMILES string of the molecule is CC(=O)OC1=Cc2ccc3c(c2CC1)CC[C@]1(C)[C@@H]3CC[C@H]1[C@H](C)CC[C@H](C)C(C)C. The number of hydrogen-bond donors (Lipinski definition) is 0. The molecule has 0 aliphatic heterocycles. The fourth-order valence-corrected chi connectivity index (χ4v) is 7.06. The molecule has 0 spiro atoms. The lowest BCUT2D eigenvalue weighted by molar-refractivity contribution is -0.137. The van der Waals surface area contributed by atoms with Gasteiger partial charge in [-0.25, -0.2) is 0 Å². The monoisotopic (exact) mass is 422 g/mol. The normalized spacial score (nSPS) is 28.9. The van der Waals surface area contributed by atoms with Crippen molar-refractivity contribution in [2.24, 2.45) is 29.1 Å². The molecule has 1 fully saturated rings. The predicted octanol–water partition coefficient (Wildman–Crippen LogP) is 7.69. The first-order valence-corrected chi connectivity index (χ1v) is 12.7. The molecule has 3 aliphatic carbocycles. The molecule has 4 rings (SSSR count). The van der Waals surface area contributed by atoms with Gasteiger partial charge in [0.1, 0.15) is 5.76 Å². The van der Waals surface area contributed by atoms with Crippen LogP contribution in [0.25, 0.3) is 6.08 Å². The maximum absolute atomic E-state index is 11.4. The van der Waals surface area contributed by atoms with Gasteiger partial charge in [-0.15, -0.1) is 0 Å². The minimum absolute atomic E-state index is 0.211. The Hall–Kier alpha value is -1.57. The molecule has 0 N–H and O–H groups in total. The summed E-state index contributed by atoms with van der Waals surface area (Å²) in [6.45, 7) is 13.8. The second-order valence-electron chi connectivity index (χ2n) is 11.4. The van der Waals surface area contributed by atoms with E-state index in [0.717, 1.165) is 48.2 Å². The molecule has 0 saturated heterocycles. The van der Waals surface area contributed by atoms with E-state index < -0.39 is 0 Å². The van der Waals surface area contributed by atoms with Gasteiger partial charge >= 0.3 is 5.97 Å². The lowest BCUT2D eigenvalue weighted by Crippen LogP contribution is -2.35. The van der Waals surface area contributed by atoms with Crippen LogP contribution in [0.2, 0.25) is 0 Å². The Morgan fingerprint density at radius 3 is 2.55 bits per heavy atom. The summed E-state index contributed by atoms with van der Waals surface area (Å²) < 4.78 is 5.39. The van der Waals surface area contributed by atoms with Crippen molar-refractivity contribution in [3.05, 3.63) is 40.1 Å². The van der Waals surface area contributed by atoms with Crippen LogP contribution in [-0.2, 0) is 22.4 Å². The second kappa shape index (κ2) is 8.75. The van der Waals surface area contributed by atoms with Crippen LogP contribution in [0.4, 0.5) is 0 Å². The highest BCUT2D eigenvalue weighted by atomic mass is 16.5. The van der Waals surface area contributed by atoms with Crippen LogP contribution in [0.5, 0.6) is 0 Å². The summed E-state index contributed by atoms with van der Waals surface area (Å²) >= 11 is 0. The highest BCUT2D eigenvalue weighted by molar-refractivity contribution is 5.70. The van der Waals surface area contributed by atoms with Gasteiger partial charge in [0.25, 0.3) is 0 Å². The van der Waals surface area contributed by atoms with E-state index in [0.29, 0.717) is 5.41 Å². The summed E-state index contributed by atoms with van der Waals surface area (Å²) in [6.07, 6.45) is 12.0. The van der Waals surface area contributed by atoms with E-state index >= 15 is 0 Å². The first-order chi connectivity index (χ1) is 14.7. The van der Waals surface area contributed by atoms with Gasteiger partial charge in [-0.3, -0.25) is 4.79 Å². The number of rotatable bonds is 6. The van der Waals surface area contributed by atoms with Crippen LogP contribution < -0.4 is 0 Å². The van der Waals surface area contributed by atoms with Crippen molar-refractivity contribution in [3.63, 3.8) is 0 Å². The molecule has 1 aromatic rings. The van der Waals surface area contributed by atoms with Crippen molar-refractivity contribution in [1.82, 2.24) is 0 Å². The summed E-state index contributed by atoms with van der Waals surface area (Å²) in [5, 5.41) is 0. The smallest absolute Gasteiger partial charge is 0.307 e. The topological polar surface area (TPSA) is 26.3 Å². The fraction of sp³-hybridized carbons (Fsp3) is 0.690. The Labute approximate surface area is 189 Å². The molecule has 0 amide bonds. The minimum Gasteiger partial charge on any atom is -0.431 e. The van der Waals surface area contributed by atoms with Crippen molar-refractivity contribution < 1.29 is 9.53 Å². The number of fused-ring (bicyclic) bond motifs is 5. The van der Waals surface area contributed by atoms with Gasteiger partial charge in [-0.1, -0.05) is 59.6 Å². The van der Waals surface area contributed by atoms with Gasteiger partial charge in [-0.2, -0.15) is 0 Å². The van der Waals surface area contributed by atoms with Crippen LogP contribution in [-0.4, -0.2) is 5.97 Å². The number of allylic oxidation sites excluding steroid dienone is 1. The molecule has 1 saturated carbocycles. The Balaban J connectivity index is 1.54. The zero-order valence-corrected chi connectivity index (χ0v) is 20.6. The maximum Gasteiger partial charge on any atom is 0.307 e. The Kier molecular flexibility index (Phi) is 6.39. The third-order valence-electron chi connectivity index (χ3n) is 9.32. The molecular weight excluding hydrogens is 380 g/mol. The number of carbonyl (C=O) groups is 1. The Bertz CT molecular complexity index is 864. The van der Waals surface area contributed by atoms with E-state index in [1.54, 1.807) is 11.1 Å². The van der Waals surface area contributed by atoms with Gasteiger partial charge in [0.05, 0.1) is 0 Å². The molecule has 170 valence electrons. The average molecular weight is 423 g/mol. The number of esters is 1. The highest BCUT2D eigenvalue weighted by Gasteiger charge is 2.51. The molecule has 3 aliphatic rings. The van der Waals surface area contributed by atoms with Crippen LogP contribution in [0, 0.1) is 29.1 Å². The second-order valence-corrected chi connectivity index (χ2v) is 11.4.